The van der Waals surface area contributed by atoms with Gasteiger partial charge in [-0.05, 0) is 48.0 Å². The summed E-state index contributed by atoms with van der Waals surface area (Å²) in [7, 11) is 3.27. The van der Waals surface area contributed by atoms with Gasteiger partial charge in [0.15, 0.2) is 5.65 Å². The fraction of sp³-hybridized carbons (Fsp3) is 0.200. The van der Waals surface area contributed by atoms with Gasteiger partial charge in [-0.15, -0.1) is 10.2 Å². The number of carbonyl (C=O) groups is 1. The van der Waals surface area contributed by atoms with Crippen LogP contribution in [-0.2, 0) is 17.8 Å². The summed E-state index contributed by atoms with van der Waals surface area (Å²) in [6, 6.07) is 17.4. The minimum absolute atomic E-state index is 0.0493. The molecule has 0 aliphatic carbocycles. The van der Waals surface area contributed by atoms with Crippen molar-refractivity contribution in [3.63, 3.8) is 0 Å². The smallest absolute Gasteiger partial charge is 0.220 e. The average Bonchev–Trinajstić information content (AvgIpc) is 3.50. The van der Waals surface area contributed by atoms with Crippen LogP contribution in [0.25, 0.3) is 22.4 Å². The number of nitrogens with one attached hydrogen (secondary N) is 1. The van der Waals surface area contributed by atoms with Crippen molar-refractivity contribution in [2.75, 3.05) is 14.2 Å². The lowest BCUT2D eigenvalue weighted by Crippen LogP contribution is -2.23. The SMILES string of the molecule is COc1ccc(-c2cc3c4nnc(CCC(=O)NCc5cccc(OC)c5)n4ccn3n2)cc1. The van der Waals surface area contributed by atoms with E-state index in [1.54, 1.807) is 18.7 Å². The fourth-order valence-corrected chi connectivity index (χ4v) is 3.83. The van der Waals surface area contributed by atoms with Gasteiger partial charge in [0.2, 0.25) is 5.91 Å². The molecule has 3 heterocycles. The van der Waals surface area contributed by atoms with Gasteiger partial charge in [-0.3, -0.25) is 9.20 Å². The average molecular weight is 457 g/mol. The zero-order valence-corrected chi connectivity index (χ0v) is 18.9. The van der Waals surface area contributed by atoms with Crippen molar-refractivity contribution < 1.29 is 14.3 Å². The molecule has 0 saturated heterocycles. The third kappa shape index (κ3) is 4.27. The number of nitrogens with zero attached hydrogens (tertiary/aromatic N) is 5. The van der Waals surface area contributed by atoms with Crippen molar-refractivity contribution in [2.24, 2.45) is 0 Å². The van der Waals surface area contributed by atoms with Gasteiger partial charge in [0.05, 0.1) is 19.9 Å². The molecule has 0 saturated carbocycles. The van der Waals surface area contributed by atoms with Crippen LogP contribution in [0.15, 0.2) is 67.0 Å². The number of amides is 1. The van der Waals surface area contributed by atoms with Crippen LogP contribution in [0.1, 0.15) is 17.8 Å². The maximum absolute atomic E-state index is 12.4. The van der Waals surface area contributed by atoms with Crippen LogP contribution in [0.5, 0.6) is 11.5 Å². The highest BCUT2D eigenvalue weighted by molar-refractivity contribution is 5.77. The molecule has 0 aliphatic heterocycles. The number of fused-ring (bicyclic) bond motifs is 3. The number of rotatable bonds is 8. The van der Waals surface area contributed by atoms with Gasteiger partial charge < -0.3 is 14.8 Å². The first kappa shape index (κ1) is 21.4. The zero-order chi connectivity index (χ0) is 23.5. The lowest BCUT2D eigenvalue weighted by Gasteiger charge is -2.07. The number of carbonyl (C=O) groups excluding carboxylic acids is 1. The normalized spacial score (nSPS) is 11.1. The van der Waals surface area contributed by atoms with Crippen molar-refractivity contribution in [3.05, 3.63) is 78.4 Å². The van der Waals surface area contributed by atoms with E-state index in [1.807, 2.05) is 71.4 Å². The van der Waals surface area contributed by atoms with Gasteiger partial charge in [0, 0.05) is 37.3 Å². The molecule has 3 aromatic heterocycles. The topological polar surface area (TPSA) is 95.0 Å². The fourth-order valence-electron chi connectivity index (χ4n) is 3.83. The molecule has 0 spiro atoms. The summed E-state index contributed by atoms with van der Waals surface area (Å²) in [6.07, 6.45) is 4.52. The number of methoxy groups -OCH3 is 2. The molecule has 9 nitrogen and oxygen atoms in total. The highest BCUT2D eigenvalue weighted by Crippen LogP contribution is 2.24. The summed E-state index contributed by atoms with van der Waals surface area (Å²) in [5.41, 5.74) is 4.33. The largest absolute Gasteiger partial charge is 0.497 e. The molecule has 0 unspecified atom stereocenters. The lowest BCUT2D eigenvalue weighted by atomic mass is 10.1. The summed E-state index contributed by atoms with van der Waals surface area (Å²) >= 11 is 0. The summed E-state index contributed by atoms with van der Waals surface area (Å²) in [6.45, 7) is 0.446. The van der Waals surface area contributed by atoms with Gasteiger partial charge in [-0.1, -0.05) is 12.1 Å². The Kier molecular flexibility index (Phi) is 5.82. The Hall–Kier alpha value is -4.40. The van der Waals surface area contributed by atoms with Gasteiger partial charge >= 0.3 is 0 Å². The standard InChI is InChI=1S/C25H24N6O3/c1-33-19-8-6-18(7-9-19)21-15-22-25-28-27-23(30(25)12-13-31(22)29-21)10-11-24(32)26-16-17-4-3-5-20(14-17)34-2/h3-9,12-15H,10-11,16H2,1-2H3,(H,26,32). The van der Waals surface area contributed by atoms with Gasteiger partial charge in [-0.2, -0.15) is 5.10 Å². The summed E-state index contributed by atoms with van der Waals surface area (Å²) in [5, 5.41) is 16.3. The first-order valence-corrected chi connectivity index (χ1v) is 10.9. The van der Waals surface area contributed by atoms with Gasteiger partial charge in [0.25, 0.3) is 0 Å². The van der Waals surface area contributed by atoms with Crippen LogP contribution in [0.4, 0.5) is 0 Å². The summed E-state index contributed by atoms with van der Waals surface area (Å²) < 4.78 is 14.1. The number of ether oxygens (including phenoxy) is 2. The van der Waals surface area contributed by atoms with E-state index >= 15 is 0 Å². The highest BCUT2D eigenvalue weighted by atomic mass is 16.5. The number of aromatic nitrogens is 5. The quantitative estimate of drug-likeness (QED) is 0.385. The van der Waals surface area contributed by atoms with E-state index in [9.17, 15) is 4.79 Å². The van der Waals surface area contributed by atoms with Crippen LogP contribution in [0, 0.1) is 0 Å². The zero-order valence-electron chi connectivity index (χ0n) is 18.9. The predicted molar refractivity (Wildman–Crippen MR) is 127 cm³/mol. The Morgan fingerprint density at radius 2 is 1.79 bits per heavy atom. The van der Waals surface area contributed by atoms with E-state index in [0.717, 1.165) is 39.7 Å². The van der Waals surface area contributed by atoms with E-state index in [-0.39, 0.29) is 5.91 Å². The van der Waals surface area contributed by atoms with E-state index < -0.39 is 0 Å². The molecule has 0 aliphatic rings. The van der Waals surface area contributed by atoms with E-state index in [0.29, 0.717) is 25.0 Å². The van der Waals surface area contributed by atoms with Crippen LogP contribution in [-0.4, -0.2) is 44.3 Å². The highest BCUT2D eigenvalue weighted by Gasteiger charge is 2.14. The van der Waals surface area contributed by atoms with Crippen molar-refractivity contribution >= 4 is 17.1 Å². The second-order valence-electron chi connectivity index (χ2n) is 7.82. The molecular weight excluding hydrogens is 432 g/mol. The van der Waals surface area contributed by atoms with Crippen molar-refractivity contribution in [3.8, 4) is 22.8 Å². The van der Waals surface area contributed by atoms with Crippen LogP contribution >= 0.6 is 0 Å². The van der Waals surface area contributed by atoms with E-state index in [4.69, 9.17) is 9.47 Å². The lowest BCUT2D eigenvalue weighted by molar-refractivity contribution is -0.121. The van der Waals surface area contributed by atoms with E-state index in [1.165, 1.54) is 0 Å². The van der Waals surface area contributed by atoms with Gasteiger partial charge in [0.1, 0.15) is 22.8 Å². The third-order valence-corrected chi connectivity index (χ3v) is 5.67. The molecule has 2 aromatic carbocycles. The molecule has 9 heteroatoms. The molecule has 5 rings (SSSR count). The molecule has 0 bridgehead atoms. The molecule has 0 fully saturated rings. The Bertz CT molecular complexity index is 1460. The van der Waals surface area contributed by atoms with Crippen molar-refractivity contribution in [1.29, 1.82) is 0 Å². The maximum Gasteiger partial charge on any atom is 0.220 e. The van der Waals surface area contributed by atoms with Gasteiger partial charge in [-0.25, -0.2) is 4.52 Å². The Labute approximate surface area is 196 Å². The second-order valence-corrected chi connectivity index (χ2v) is 7.82. The monoisotopic (exact) mass is 456 g/mol. The minimum atomic E-state index is -0.0493. The van der Waals surface area contributed by atoms with E-state index in [2.05, 4.69) is 20.6 Å². The first-order chi connectivity index (χ1) is 16.6. The molecule has 34 heavy (non-hydrogen) atoms. The van der Waals surface area contributed by atoms with Crippen LogP contribution in [0.2, 0.25) is 0 Å². The molecular formula is C25H24N6O3. The molecule has 1 N–H and O–H groups in total. The Balaban J connectivity index is 1.29. The van der Waals surface area contributed by atoms with Crippen molar-refractivity contribution in [1.82, 2.24) is 29.5 Å². The minimum Gasteiger partial charge on any atom is -0.497 e. The number of hydrogen-bond donors (Lipinski definition) is 1. The molecule has 172 valence electrons. The molecule has 5 aromatic rings. The number of aryl methyl sites for hydroxylation is 1. The molecule has 1 amide bonds. The molecule has 0 atom stereocenters. The predicted octanol–water partition coefficient (Wildman–Crippen LogP) is 3.31. The summed E-state index contributed by atoms with van der Waals surface area (Å²) in [4.78, 5) is 12.4. The third-order valence-electron chi connectivity index (χ3n) is 5.67. The number of hydrogen-bond acceptors (Lipinski definition) is 6. The Morgan fingerprint density at radius 3 is 2.59 bits per heavy atom. The van der Waals surface area contributed by atoms with Crippen LogP contribution < -0.4 is 14.8 Å². The summed E-state index contributed by atoms with van der Waals surface area (Å²) in [5.74, 6) is 2.24. The number of benzene rings is 2. The first-order valence-electron chi connectivity index (χ1n) is 10.9. The second kappa shape index (κ2) is 9.22. The van der Waals surface area contributed by atoms with Crippen LogP contribution in [0.3, 0.4) is 0 Å². The molecule has 0 radical (unpaired) electrons. The van der Waals surface area contributed by atoms with Crippen molar-refractivity contribution in [2.45, 2.75) is 19.4 Å². The maximum atomic E-state index is 12.4. The Morgan fingerprint density at radius 1 is 0.971 bits per heavy atom.